The van der Waals surface area contributed by atoms with Gasteiger partial charge in [0.15, 0.2) is 6.10 Å². The number of amides is 1. The van der Waals surface area contributed by atoms with E-state index >= 15 is 0 Å². The van der Waals surface area contributed by atoms with Crippen LogP contribution in [0.15, 0.2) is 72.8 Å². The molecule has 0 spiro atoms. The van der Waals surface area contributed by atoms with Gasteiger partial charge in [-0.1, -0.05) is 62.4 Å². The van der Waals surface area contributed by atoms with Crippen LogP contribution in [-0.2, 0) is 10.2 Å². The first-order valence-electron chi connectivity index (χ1n) is 10.1. The normalized spacial score (nSPS) is 12.1. The molecule has 0 aliphatic carbocycles. The van der Waals surface area contributed by atoms with Crippen LogP contribution in [0.4, 0.5) is 11.4 Å². The second-order valence-electron chi connectivity index (χ2n) is 8.02. The lowest BCUT2D eigenvalue weighted by molar-refractivity contribution is -0.384. The highest BCUT2D eigenvalue weighted by molar-refractivity contribution is 5.95. The number of nitrogens with zero attached hydrogens (tertiary/aromatic N) is 1. The van der Waals surface area contributed by atoms with Crippen LogP contribution in [0.2, 0.25) is 0 Å². The predicted molar refractivity (Wildman–Crippen MR) is 122 cm³/mol. The molecule has 1 atom stereocenters. The molecular formula is C25H26N2O4. The minimum Gasteiger partial charge on any atom is -0.481 e. The quantitative estimate of drug-likeness (QED) is 0.398. The number of nitro benzene ring substituents is 1. The Morgan fingerprint density at radius 2 is 1.61 bits per heavy atom. The van der Waals surface area contributed by atoms with Gasteiger partial charge in [-0.05, 0) is 42.7 Å². The average molecular weight is 418 g/mol. The van der Waals surface area contributed by atoms with E-state index in [1.54, 1.807) is 19.9 Å². The Morgan fingerprint density at radius 1 is 1.00 bits per heavy atom. The molecule has 0 fully saturated rings. The Hall–Kier alpha value is -3.67. The number of ether oxygens (including phenoxy) is 1. The molecule has 0 aliphatic rings. The van der Waals surface area contributed by atoms with Crippen LogP contribution in [0.25, 0.3) is 0 Å². The van der Waals surface area contributed by atoms with E-state index in [-0.39, 0.29) is 17.0 Å². The molecule has 1 N–H and O–H groups in total. The number of rotatable bonds is 7. The average Bonchev–Trinajstić information content (AvgIpc) is 2.76. The zero-order chi connectivity index (χ0) is 22.6. The van der Waals surface area contributed by atoms with Gasteiger partial charge in [0.2, 0.25) is 0 Å². The summed E-state index contributed by atoms with van der Waals surface area (Å²) in [6, 6.07) is 22.3. The number of nitrogens with one attached hydrogen (secondary N) is 1. The van der Waals surface area contributed by atoms with Gasteiger partial charge in [-0.2, -0.15) is 0 Å². The number of carbonyl (C=O) groups excluding carboxylic acids is 1. The molecule has 0 bridgehead atoms. The van der Waals surface area contributed by atoms with Crippen LogP contribution in [0, 0.1) is 17.0 Å². The zero-order valence-corrected chi connectivity index (χ0v) is 18.1. The summed E-state index contributed by atoms with van der Waals surface area (Å²) in [7, 11) is 0. The number of hydrogen-bond donors (Lipinski definition) is 1. The smallest absolute Gasteiger partial charge is 0.271 e. The highest BCUT2D eigenvalue weighted by atomic mass is 16.6. The summed E-state index contributed by atoms with van der Waals surface area (Å²) in [4.78, 5) is 23.0. The van der Waals surface area contributed by atoms with E-state index in [1.165, 1.54) is 17.7 Å². The molecular weight excluding hydrogens is 392 g/mol. The summed E-state index contributed by atoms with van der Waals surface area (Å²) in [5.74, 6) is 0.198. The van der Waals surface area contributed by atoms with Crippen molar-refractivity contribution in [1.29, 1.82) is 0 Å². The van der Waals surface area contributed by atoms with Gasteiger partial charge in [0.05, 0.1) is 10.6 Å². The molecule has 0 saturated heterocycles. The van der Waals surface area contributed by atoms with E-state index in [2.05, 4.69) is 31.3 Å². The number of non-ortho nitro benzene ring substituents is 1. The summed E-state index contributed by atoms with van der Waals surface area (Å²) in [6.45, 7) is 7.74. The van der Waals surface area contributed by atoms with E-state index < -0.39 is 11.0 Å². The third-order valence-electron chi connectivity index (χ3n) is 5.44. The van der Waals surface area contributed by atoms with Crippen molar-refractivity contribution in [1.82, 2.24) is 0 Å². The summed E-state index contributed by atoms with van der Waals surface area (Å²) >= 11 is 0. The van der Waals surface area contributed by atoms with Gasteiger partial charge < -0.3 is 10.1 Å². The molecule has 160 valence electrons. The molecule has 0 aromatic heterocycles. The summed E-state index contributed by atoms with van der Waals surface area (Å²) in [5.41, 5.74) is 3.24. The van der Waals surface area contributed by atoms with Gasteiger partial charge in [0, 0.05) is 17.5 Å². The fourth-order valence-corrected chi connectivity index (χ4v) is 3.32. The van der Waals surface area contributed by atoms with Crippen molar-refractivity contribution in [3.05, 3.63) is 99.6 Å². The lowest BCUT2D eigenvalue weighted by Crippen LogP contribution is -2.30. The van der Waals surface area contributed by atoms with Gasteiger partial charge in [-0.25, -0.2) is 0 Å². The van der Waals surface area contributed by atoms with Crippen LogP contribution in [0.1, 0.15) is 37.5 Å². The molecule has 3 rings (SSSR count). The van der Waals surface area contributed by atoms with Crippen molar-refractivity contribution in [2.45, 2.75) is 39.2 Å². The van der Waals surface area contributed by atoms with Crippen molar-refractivity contribution in [2.75, 3.05) is 5.32 Å². The van der Waals surface area contributed by atoms with Crippen molar-refractivity contribution >= 4 is 17.3 Å². The second kappa shape index (κ2) is 9.00. The van der Waals surface area contributed by atoms with Gasteiger partial charge in [-0.3, -0.25) is 14.9 Å². The van der Waals surface area contributed by atoms with Crippen LogP contribution in [-0.4, -0.2) is 16.9 Å². The van der Waals surface area contributed by atoms with E-state index in [9.17, 15) is 14.9 Å². The van der Waals surface area contributed by atoms with Gasteiger partial charge in [0.1, 0.15) is 5.75 Å². The number of aryl methyl sites for hydroxylation is 1. The van der Waals surface area contributed by atoms with Crippen molar-refractivity contribution in [2.24, 2.45) is 0 Å². The summed E-state index contributed by atoms with van der Waals surface area (Å²) in [6.07, 6.45) is -0.772. The van der Waals surface area contributed by atoms with Gasteiger partial charge >= 0.3 is 0 Å². The second-order valence-corrected chi connectivity index (χ2v) is 8.02. The van der Waals surface area contributed by atoms with Crippen LogP contribution < -0.4 is 10.1 Å². The Kier molecular flexibility index (Phi) is 6.39. The Bertz CT molecular complexity index is 1080. The molecule has 0 aliphatic heterocycles. The highest BCUT2D eigenvalue weighted by Crippen LogP contribution is 2.32. The van der Waals surface area contributed by atoms with Crippen molar-refractivity contribution < 1.29 is 14.5 Å². The monoisotopic (exact) mass is 418 g/mol. The first kappa shape index (κ1) is 22.0. The molecule has 0 radical (unpaired) electrons. The number of benzene rings is 3. The third kappa shape index (κ3) is 5.09. The van der Waals surface area contributed by atoms with Crippen LogP contribution in [0.3, 0.4) is 0 Å². The van der Waals surface area contributed by atoms with Crippen LogP contribution in [0.5, 0.6) is 5.75 Å². The Morgan fingerprint density at radius 3 is 2.23 bits per heavy atom. The van der Waals surface area contributed by atoms with Crippen molar-refractivity contribution in [3.8, 4) is 5.75 Å². The molecule has 1 unspecified atom stereocenters. The highest BCUT2D eigenvalue weighted by Gasteiger charge is 2.23. The lowest BCUT2D eigenvalue weighted by atomic mass is 9.78. The molecule has 0 saturated carbocycles. The number of carbonyl (C=O) groups is 1. The number of anilines is 1. The van der Waals surface area contributed by atoms with E-state index in [1.807, 2.05) is 42.5 Å². The minimum absolute atomic E-state index is 0.0777. The fourth-order valence-electron chi connectivity index (χ4n) is 3.32. The fraction of sp³-hybridized carbons (Fsp3) is 0.240. The standard InChI is InChI=1S/C25H26N2O4/c1-17-10-13-21(27(29)30)16-23(17)26-24(28)18(2)31-22-14-11-20(12-15-22)25(3,4)19-8-6-5-7-9-19/h5-16,18H,1-4H3,(H,26,28). The van der Waals surface area contributed by atoms with Gasteiger partial charge in [0.25, 0.3) is 11.6 Å². The first-order chi connectivity index (χ1) is 14.7. The summed E-state index contributed by atoms with van der Waals surface area (Å²) < 4.78 is 5.79. The molecule has 3 aromatic carbocycles. The SMILES string of the molecule is Cc1ccc([N+](=O)[O-])cc1NC(=O)C(C)Oc1ccc(C(C)(C)c2ccccc2)cc1. The predicted octanol–water partition coefficient (Wildman–Crippen LogP) is 5.64. The van der Waals surface area contributed by atoms with E-state index in [0.717, 1.165) is 11.1 Å². The maximum Gasteiger partial charge on any atom is 0.271 e. The van der Waals surface area contributed by atoms with Crippen LogP contribution >= 0.6 is 0 Å². The maximum absolute atomic E-state index is 12.6. The number of hydrogen-bond acceptors (Lipinski definition) is 4. The van der Waals surface area contributed by atoms with E-state index in [0.29, 0.717) is 11.4 Å². The molecule has 3 aromatic rings. The largest absolute Gasteiger partial charge is 0.481 e. The third-order valence-corrected chi connectivity index (χ3v) is 5.44. The Balaban J connectivity index is 1.68. The topological polar surface area (TPSA) is 81.5 Å². The maximum atomic E-state index is 12.6. The molecule has 31 heavy (non-hydrogen) atoms. The van der Waals surface area contributed by atoms with Gasteiger partial charge in [-0.15, -0.1) is 0 Å². The molecule has 6 heteroatoms. The number of nitro groups is 1. The first-order valence-corrected chi connectivity index (χ1v) is 10.1. The van der Waals surface area contributed by atoms with Crippen molar-refractivity contribution in [3.63, 3.8) is 0 Å². The minimum atomic E-state index is -0.772. The zero-order valence-electron chi connectivity index (χ0n) is 18.1. The molecule has 1 amide bonds. The Labute approximate surface area is 182 Å². The molecule has 0 heterocycles. The van der Waals surface area contributed by atoms with E-state index in [4.69, 9.17) is 4.74 Å². The summed E-state index contributed by atoms with van der Waals surface area (Å²) in [5, 5.41) is 13.7. The molecule has 6 nitrogen and oxygen atoms in total. The lowest BCUT2D eigenvalue weighted by Gasteiger charge is -2.26.